The van der Waals surface area contributed by atoms with Crippen molar-refractivity contribution < 1.29 is 37.3 Å². The van der Waals surface area contributed by atoms with Crippen molar-refractivity contribution in [3.8, 4) is 0 Å². The molecule has 0 aliphatic carbocycles. The molecule has 0 aliphatic rings. The van der Waals surface area contributed by atoms with E-state index in [4.69, 9.17) is 13.8 Å². The quantitative estimate of drug-likeness (QED) is 0.0212. The predicted molar refractivity (Wildman–Crippen MR) is 367 cm³/mol. The van der Waals surface area contributed by atoms with Crippen LogP contribution < -0.4 is 10.2 Å². The van der Waals surface area contributed by atoms with E-state index in [0.29, 0.717) is 17.4 Å². The maximum absolute atomic E-state index is 13.6. The van der Waals surface area contributed by atoms with E-state index in [9.17, 15) is 19.0 Å². The molecule has 0 aliphatic heterocycles. The average Bonchev–Trinajstić information content (AvgIpc) is 3.64. The molecular formula is C75H145N2O7P. The Balaban J connectivity index is 4.92. The third-order valence-corrected chi connectivity index (χ3v) is 18.0. The SMILES string of the molecule is CCCCCCCC/C=C/CCCCCCCCCCCCCCCCCCCC(=O)NC(COP(=O)([O-])OCC[N+](C)(C)C)C(/C=C\CCCCCCCCCCC)OC(=O)CCCCCCCCCCCCC/C=C/CCCCCCCC. The van der Waals surface area contributed by atoms with Crippen LogP contribution in [0.2, 0.25) is 0 Å². The Morgan fingerprint density at radius 3 is 1.00 bits per heavy atom. The minimum atomic E-state index is -4.70. The van der Waals surface area contributed by atoms with Crippen molar-refractivity contribution in [2.45, 2.75) is 392 Å². The van der Waals surface area contributed by atoms with Crippen LogP contribution in [-0.2, 0) is 27.9 Å². The number of carbonyl (C=O) groups is 2. The lowest BCUT2D eigenvalue weighted by molar-refractivity contribution is -0.870. The number of amides is 1. The molecule has 0 aromatic heterocycles. The summed E-state index contributed by atoms with van der Waals surface area (Å²) in [6, 6.07) is -0.886. The van der Waals surface area contributed by atoms with Gasteiger partial charge in [0.1, 0.15) is 19.3 Å². The summed E-state index contributed by atoms with van der Waals surface area (Å²) in [5.41, 5.74) is 0. The van der Waals surface area contributed by atoms with E-state index in [2.05, 4.69) is 50.4 Å². The number of quaternary nitrogens is 1. The highest BCUT2D eigenvalue weighted by Crippen LogP contribution is 2.38. The second-order valence-electron chi connectivity index (χ2n) is 26.8. The number of phosphoric ester groups is 1. The third-order valence-electron chi connectivity index (χ3n) is 17.0. The Morgan fingerprint density at radius 2 is 0.682 bits per heavy atom. The van der Waals surface area contributed by atoms with E-state index in [1.165, 1.54) is 289 Å². The molecule has 0 bridgehead atoms. The smallest absolute Gasteiger partial charge is 0.306 e. The average molecular weight is 1220 g/mol. The number of likely N-dealkylation sites (N-methyl/N-ethyl adjacent to an activating group) is 1. The van der Waals surface area contributed by atoms with Gasteiger partial charge in [-0.3, -0.25) is 14.2 Å². The molecule has 0 aromatic carbocycles. The van der Waals surface area contributed by atoms with Crippen LogP contribution in [0.3, 0.4) is 0 Å². The van der Waals surface area contributed by atoms with Gasteiger partial charge in [-0.2, -0.15) is 0 Å². The molecular weight excluding hydrogens is 1070 g/mol. The van der Waals surface area contributed by atoms with E-state index < -0.39 is 20.0 Å². The van der Waals surface area contributed by atoms with Crippen LogP contribution >= 0.6 is 7.82 Å². The molecule has 3 atom stereocenters. The summed E-state index contributed by atoms with van der Waals surface area (Å²) in [6.45, 7) is 6.89. The van der Waals surface area contributed by atoms with E-state index >= 15 is 0 Å². The third kappa shape index (κ3) is 66.5. The number of ether oxygens (including phenoxy) is 1. The zero-order valence-electron chi connectivity index (χ0n) is 57.6. The zero-order chi connectivity index (χ0) is 62.1. The molecule has 0 heterocycles. The van der Waals surface area contributed by atoms with Crippen LogP contribution in [0.4, 0.5) is 0 Å². The fraction of sp³-hybridized carbons (Fsp3) is 0.893. The minimum Gasteiger partial charge on any atom is -0.756 e. The van der Waals surface area contributed by atoms with Gasteiger partial charge in [-0.05, 0) is 83.1 Å². The number of phosphoric acid groups is 1. The number of nitrogens with zero attached hydrogens (tertiary/aromatic N) is 1. The lowest BCUT2D eigenvalue weighted by Gasteiger charge is -2.30. The van der Waals surface area contributed by atoms with Gasteiger partial charge in [0.2, 0.25) is 5.91 Å². The first-order valence-corrected chi connectivity index (χ1v) is 38.8. The molecule has 9 nitrogen and oxygen atoms in total. The number of nitrogens with one attached hydrogen (secondary N) is 1. The van der Waals surface area contributed by atoms with Gasteiger partial charge in [-0.25, -0.2) is 0 Å². The summed E-state index contributed by atoms with van der Waals surface area (Å²) in [7, 11) is 1.20. The van der Waals surface area contributed by atoms with E-state index in [-0.39, 0.29) is 31.5 Å². The summed E-state index contributed by atoms with van der Waals surface area (Å²) in [4.78, 5) is 40.2. The standard InChI is InChI=1S/C75H145N2O7P/c1-7-10-13-16-19-22-25-27-29-31-33-35-36-37-38-39-40-42-43-45-47-49-52-55-58-61-64-67-74(78)76-72(71-83-85(80,81)82-70-69-77(4,5)6)73(66-63-60-57-54-51-24-21-18-15-12-9-3)84-75(79)68-65-62-59-56-53-50-48-46-44-41-34-32-30-28-26-23-20-17-14-11-8-2/h27-30,63,66,72-73H,7-26,31-62,64-65,67-71H2,1-6H3,(H-,76,78,80,81)/b29-27+,30-28+,66-63-. The molecule has 0 aromatic rings. The molecule has 1 N–H and O–H groups in total. The van der Waals surface area contributed by atoms with E-state index in [1.54, 1.807) is 0 Å². The Bertz CT molecular complexity index is 1550. The number of carbonyl (C=O) groups excluding carboxylic acids is 2. The van der Waals surface area contributed by atoms with Gasteiger partial charge in [0.25, 0.3) is 7.82 Å². The van der Waals surface area contributed by atoms with Crippen molar-refractivity contribution in [3.05, 3.63) is 36.5 Å². The number of unbranched alkanes of at least 4 members (excludes halogenated alkanes) is 49. The van der Waals surface area contributed by atoms with Crippen molar-refractivity contribution in [1.82, 2.24) is 5.32 Å². The number of allylic oxidation sites excluding steroid dienone is 5. The molecule has 0 saturated carbocycles. The molecule has 0 radical (unpaired) electrons. The minimum absolute atomic E-state index is 0.0194. The molecule has 502 valence electrons. The highest BCUT2D eigenvalue weighted by molar-refractivity contribution is 7.45. The Hall–Kier alpha value is -1.77. The molecule has 1 amide bonds. The lowest BCUT2D eigenvalue weighted by Crippen LogP contribution is -2.47. The number of rotatable bonds is 69. The van der Waals surface area contributed by atoms with Crippen molar-refractivity contribution in [1.29, 1.82) is 0 Å². The maximum atomic E-state index is 13.6. The van der Waals surface area contributed by atoms with Crippen LogP contribution in [-0.4, -0.2) is 69.4 Å². The lowest BCUT2D eigenvalue weighted by atomic mass is 10.0. The normalized spacial score (nSPS) is 13.6. The molecule has 0 spiro atoms. The Morgan fingerprint density at radius 1 is 0.400 bits per heavy atom. The molecule has 10 heteroatoms. The first-order chi connectivity index (χ1) is 41.4. The largest absolute Gasteiger partial charge is 0.756 e. The van der Waals surface area contributed by atoms with Gasteiger partial charge >= 0.3 is 5.97 Å². The van der Waals surface area contributed by atoms with Gasteiger partial charge < -0.3 is 28.5 Å². The number of hydrogen-bond acceptors (Lipinski definition) is 7. The topological polar surface area (TPSA) is 114 Å². The van der Waals surface area contributed by atoms with Gasteiger partial charge in [0, 0.05) is 12.8 Å². The van der Waals surface area contributed by atoms with Crippen LogP contribution in [0.15, 0.2) is 36.5 Å². The van der Waals surface area contributed by atoms with Crippen LogP contribution in [0.5, 0.6) is 0 Å². The summed E-state index contributed by atoms with van der Waals surface area (Å²) < 4.78 is 30.5. The van der Waals surface area contributed by atoms with Crippen LogP contribution in [0, 0.1) is 0 Å². The maximum Gasteiger partial charge on any atom is 0.306 e. The predicted octanol–water partition coefficient (Wildman–Crippen LogP) is 23.2. The zero-order valence-corrected chi connectivity index (χ0v) is 58.5. The fourth-order valence-corrected chi connectivity index (χ4v) is 12.0. The molecule has 0 saturated heterocycles. The van der Waals surface area contributed by atoms with Gasteiger partial charge in [0.05, 0.1) is 33.8 Å². The van der Waals surface area contributed by atoms with Gasteiger partial charge in [-0.15, -0.1) is 0 Å². The van der Waals surface area contributed by atoms with Crippen molar-refractivity contribution in [2.75, 3.05) is 40.9 Å². The van der Waals surface area contributed by atoms with E-state index in [1.807, 2.05) is 33.3 Å². The molecule has 0 rings (SSSR count). The first kappa shape index (κ1) is 83.2. The molecule has 3 unspecified atom stereocenters. The van der Waals surface area contributed by atoms with Crippen molar-refractivity contribution in [2.24, 2.45) is 0 Å². The van der Waals surface area contributed by atoms with Crippen LogP contribution in [0.1, 0.15) is 380 Å². The summed E-state index contributed by atoms with van der Waals surface area (Å²) >= 11 is 0. The van der Waals surface area contributed by atoms with Crippen molar-refractivity contribution in [3.63, 3.8) is 0 Å². The molecule has 0 fully saturated rings. The second kappa shape index (κ2) is 65.2. The number of esters is 1. The number of hydrogen-bond donors (Lipinski definition) is 1. The van der Waals surface area contributed by atoms with E-state index in [0.717, 1.165) is 57.8 Å². The summed E-state index contributed by atoms with van der Waals surface area (Å²) in [5, 5.41) is 3.05. The Kier molecular flexibility index (Phi) is 63.8. The Labute approximate surface area is 529 Å². The summed E-state index contributed by atoms with van der Waals surface area (Å²) in [5.74, 6) is -0.522. The van der Waals surface area contributed by atoms with Gasteiger partial charge in [-0.1, -0.05) is 321 Å². The van der Waals surface area contributed by atoms with Crippen molar-refractivity contribution >= 4 is 19.7 Å². The summed E-state index contributed by atoms with van der Waals surface area (Å²) in [6.07, 6.45) is 81.4. The highest BCUT2D eigenvalue weighted by Gasteiger charge is 2.27. The van der Waals surface area contributed by atoms with Crippen LogP contribution in [0.25, 0.3) is 0 Å². The monoisotopic (exact) mass is 1220 g/mol. The molecule has 85 heavy (non-hydrogen) atoms. The highest BCUT2D eigenvalue weighted by atomic mass is 31.2. The second-order valence-corrected chi connectivity index (χ2v) is 28.2. The van der Waals surface area contributed by atoms with Gasteiger partial charge in [0.15, 0.2) is 0 Å². The fourth-order valence-electron chi connectivity index (χ4n) is 11.3. The first-order valence-electron chi connectivity index (χ1n) is 37.3.